The Labute approximate surface area is 145 Å². The first-order chi connectivity index (χ1) is 10.9. The minimum absolute atomic E-state index is 0.0929. The van der Waals surface area contributed by atoms with Crippen LogP contribution in [-0.2, 0) is 9.59 Å². The van der Waals surface area contributed by atoms with E-state index in [1.54, 1.807) is 42.5 Å². The molecule has 0 aromatic heterocycles. The summed E-state index contributed by atoms with van der Waals surface area (Å²) in [7, 11) is 0. The van der Waals surface area contributed by atoms with Crippen LogP contribution < -0.4 is 10.2 Å². The molecule has 0 aliphatic carbocycles. The fraction of sp³-hybridized carbons (Fsp3) is 0.176. The number of nitrogens with one attached hydrogen (secondary N) is 1. The van der Waals surface area contributed by atoms with Gasteiger partial charge in [-0.05, 0) is 48.9 Å². The lowest BCUT2D eigenvalue weighted by molar-refractivity contribution is -0.120. The SMILES string of the molecule is CC(=O)N(CC(=O)Nc1cccc(Cl)c1)c1ccc(Cl)cc1C. The molecule has 2 aromatic carbocycles. The predicted molar refractivity (Wildman–Crippen MR) is 94.3 cm³/mol. The van der Waals surface area contributed by atoms with E-state index < -0.39 is 0 Å². The van der Waals surface area contributed by atoms with Crippen molar-refractivity contribution in [2.45, 2.75) is 13.8 Å². The minimum Gasteiger partial charge on any atom is -0.324 e. The van der Waals surface area contributed by atoms with E-state index in [0.717, 1.165) is 5.56 Å². The van der Waals surface area contributed by atoms with Crippen molar-refractivity contribution in [3.05, 3.63) is 58.1 Å². The predicted octanol–water partition coefficient (Wildman–Crippen LogP) is 4.29. The van der Waals surface area contributed by atoms with Gasteiger partial charge in [0.1, 0.15) is 6.54 Å². The number of carbonyl (C=O) groups is 2. The summed E-state index contributed by atoms with van der Waals surface area (Å²) in [6.07, 6.45) is 0. The highest BCUT2D eigenvalue weighted by molar-refractivity contribution is 6.31. The van der Waals surface area contributed by atoms with Gasteiger partial charge in [0.2, 0.25) is 11.8 Å². The Morgan fingerprint density at radius 1 is 1.09 bits per heavy atom. The highest BCUT2D eigenvalue weighted by Gasteiger charge is 2.18. The van der Waals surface area contributed by atoms with E-state index in [9.17, 15) is 9.59 Å². The average Bonchev–Trinajstić information content (AvgIpc) is 2.45. The summed E-state index contributed by atoms with van der Waals surface area (Å²) in [6.45, 7) is 3.16. The van der Waals surface area contributed by atoms with Gasteiger partial charge in [0.25, 0.3) is 0 Å². The Kier molecular flexibility index (Phi) is 5.64. The highest BCUT2D eigenvalue weighted by atomic mass is 35.5. The van der Waals surface area contributed by atoms with Gasteiger partial charge in [-0.2, -0.15) is 0 Å². The normalized spacial score (nSPS) is 10.3. The summed E-state index contributed by atoms with van der Waals surface area (Å²) >= 11 is 11.8. The van der Waals surface area contributed by atoms with Crippen LogP contribution in [0.1, 0.15) is 12.5 Å². The smallest absolute Gasteiger partial charge is 0.244 e. The molecule has 2 amide bonds. The monoisotopic (exact) mass is 350 g/mol. The Hall–Kier alpha value is -2.04. The number of halogens is 2. The second kappa shape index (κ2) is 7.49. The van der Waals surface area contributed by atoms with Crippen molar-refractivity contribution in [2.24, 2.45) is 0 Å². The zero-order valence-corrected chi connectivity index (χ0v) is 14.3. The van der Waals surface area contributed by atoms with Crippen molar-refractivity contribution in [3.63, 3.8) is 0 Å². The Balaban J connectivity index is 2.16. The molecule has 0 saturated heterocycles. The highest BCUT2D eigenvalue weighted by Crippen LogP contribution is 2.24. The molecule has 23 heavy (non-hydrogen) atoms. The molecular formula is C17H16Cl2N2O2. The average molecular weight is 351 g/mol. The van der Waals surface area contributed by atoms with Gasteiger partial charge in [-0.25, -0.2) is 0 Å². The molecule has 6 heteroatoms. The van der Waals surface area contributed by atoms with Gasteiger partial charge in [0.15, 0.2) is 0 Å². The number of hydrogen-bond donors (Lipinski definition) is 1. The maximum absolute atomic E-state index is 12.2. The molecule has 2 aromatic rings. The van der Waals surface area contributed by atoms with Gasteiger partial charge in [0.05, 0.1) is 0 Å². The van der Waals surface area contributed by atoms with Crippen molar-refractivity contribution in [2.75, 3.05) is 16.8 Å². The maximum atomic E-state index is 12.2. The summed E-state index contributed by atoms with van der Waals surface area (Å²) in [5, 5.41) is 3.83. The third-order valence-corrected chi connectivity index (χ3v) is 3.71. The van der Waals surface area contributed by atoms with E-state index in [0.29, 0.717) is 21.4 Å². The first kappa shape index (κ1) is 17.3. The molecule has 120 valence electrons. The lowest BCUT2D eigenvalue weighted by Gasteiger charge is -2.22. The Morgan fingerprint density at radius 3 is 2.39 bits per heavy atom. The summed E-state index contributed by atoms with van der Waals surface area (Å²) in [4.78, 5) is 25.5. The topological polar surface area (TPSA) is 49.4 Å². The first-order valence-electron chi connectivity index (χ1n) is 6.96. The zero-order valence-electron chi connectivity index (χ0n) is 12.8. The van der Waals surface area contributed by atoms with Crippen LogP contribution in [0.25, 0.3) is 0 Å². The van der Waals surface area contributed by atoms with Crippen molar-refractivity contribution in [1.82, 2.24) is 0 Å². The number of nitrogens with zero attached hydrogens (tertiary/aromatic N) is 1. The maximum Gasteiger partial charge on any atom is 0.244 e. The largest absolute Gasteiger partial charge is 0.324 e. The van der Waals surface area contributed by atoms with Gasteiger partial charge >= 0.3 is 0 Å². The number of aryl methyl sites for hydroxylation is 1. The fourth-order valence-electron chi connectivity index (χ4n) is 2.20. The van der Waals surface area contributed by atoms with Crippen LogP contribution in [0.4, 0.5) is 11.4 Å². The first-order valence-corrected chi connectivity index (χ1v) is 7.72. The van der Waals surface area contributed by atoms with Crippen molar-refractivity contribution >= 4 is 46.4 Å². The molecule has 0 aliphatic heterocycles. The standard InChI is InChI=1S/C17H16Cl2N2O2/c1-11-8-14(19)6-7-16(11)21(12(2)22)10-17(23)20-15-5-3-4-13(18)9-15/h3-9H,10H2,1-2H3,(H,20,23). The second-order valence-corrected chi connectivity index (χ2v) is 5.97. The molecule has 0 fully saturated rings. The van der Waals surface area contributed by atoms with E-state index in [1.165, 1.54) is 11.8 Å². The Bertz CT molecular complexity index is 747. The van der Waals surface area contributed by atoms with E-state index in [1.807, 2.05) is 6.92 Å². The van der Waals surface area contributed by atoms with Crippen LogP contribution in [0.3, 0.4) is 0 Å². The number of benzene rings is 2. The minimum atomic E-state index is -0.309. The molecule has 0 unspecified atom stereocenters. The summed E-state index contributed by atoms with van der Waals surface area (Å²) < 4.78 is 0. The summed E-state index contributed by atoms with van der Waals surface area (Å²) in [5.74, 6) is -0.534. The van der Waals surface area contributed by atoms with Gasteiger partial charge in [-0.3, -0.25) is 9.59 Å². The van der Waals surface area contributed by atoms with E-state index in [4.69, 9.17) is 23.2 Å². The van der Waals surface area contributed by atoms with Gasteiger partial charge in [-0.15, -0.1) is 0 Å². The number of amides is 2. The second-order valence-electron chi connectivity index (χ2n) is 5.09. The van der Waals surface area contributed by atoms with Gasteiger partial charge in [0, 0.05) is 28.3 Å². The van der Waals surface area contributed by atoms with Crippen LogP contribution in [-0.4, -0.2) is 18.4 Å². The van der Waals surface area contributed by atoms with Crippen molar-refractivity contribution < 1.29 is 9.59 Å². The molecule has 1 N–H and O–H groups in total. The molecule has 0 spiro atoms. The lowest BCUT2D eigenvalue weighted by Crippen LogP contribution is -2.37. The molecule has 0 aliphatic rings. The van der Waals surface area contributed by atoms with Crippen LogP contribution in [0.2, 0.25) is 10.0 Å². The van der Waals surface area contributed by atoms with Crippen molar-refractivity contribution in [1.29, 1.82) is 0 Å². The van der Waals surface area contributed by atoms with Crippen LogP contribution in [0, 0.1) is 6.92 Å². The molecule has 0 atom stereocenters. The van der Waals surface area contributed by atoms with Gasteiger partial charge in [-0.1, -0.05) is 29.3 Å². The molecule has 4 nitrogen and oxygen atoms in total. The van der Waals surface area contributed by atoms with Crippen LogP contribution in [0.15, 0.2) is 42.5 Å². The fourth-order valence-corrected chi connectivity index (χ4v) is 2.62. The van der Waals surface area contributed by atoms with Crippen LogP contribution >= 0.6 is 23.2 Å². The third kappa shape index (κ3) is 4.71. The zero-order chi connectivity index (χ0) is 17.0. The number of hydrogen-bond acceptors (Lipinski definition) is 2. The molecule has 0 heterocycles. The summed E-state index contributed by atoms with van der Waals surface area (Å²) in [5.41, 5.74) is 2.06. The van der Waals surface area contributed by atoms with Gasteiger partial charge < -0.3 is 10.2 Å². The Morgan fingerprint density at radius 2 is 1.78 bits per heavy atom. The molecule has 0 radical (unpaired) electrons. The number of carbonyl (C=O) groups excluding carboxylic acids is 2. The van der Waals surface area contributed by atoms with E-state index in [2.05, 4.69) is 5.32 Å². The van der Waals surface area contributed by atoms with E-state index >= 15 is 0 Å². The van der Waals surface area contributed by atoms with E-state index in [-0.39, 0.29) is 18.4 Å². The number of anilines is 2. The molecular weight excluding hydrogens is 335 g/mol. The lowest BCUT2D eigenvalue weighted by atomic mass is 10.1. The van der Waals surface area contributed by atoms with Crippen LogP contribution in [0.5, 0.6) is 0 Å². The molecule has 0 saturated carbocycles. The quantitative estimate of drug-likeness (QED) is 0.893. The number of rotatable bonds is 4. The third-order valence-electron chi connectivity index (χ3n) is 3.24. The molecule has 0 bridgehead atoms. The summed E-state index contributed by atoms with van der Waals surface area (Å²) in [6, 6.07) is 12.0. The van der Waals surface area contributed by atoms with Crippen molar-refractivity contribution in [3.8, 4) is 0 Å². The molecule has 2 rings (SSSR count).